The van der Waals surface area contributed by atoms with E-state index in [1.165, 1.54) is 12.7 Å². The zero-order valence-electron chi connectivity index (χ0n) is 17.0. The first-order valence-corrected chi connectivity index (χ1v) is 11.0. The van der Waals surface area contributed by atoms with E-state index in [0.717, 1.165) is 31.2 Å². The van der Waals surface area contributed by atoms with Crippen LogP contribution in [0.3, 0.4) is 0 Å². The Morgan fingerprint density at radius 1 is 1.33 bits per heavy atom. The van der Waals surface area contributed by atoms with Gasteiger partial charge in [0.1, 0.15) is 18.5 Å². The van der Waals surface area contributed by atoms with Crippen LogP contribution in [0, 0.1) is 0 Å². The highest BCUT2D eigenvalue weighted by Gasteiger charge is 2.36. The molecule has 30 heavy (non-hydrogen) atoms. The Balaban J connectivity index is 1.76. The average Bonchev–Trinajstić information content (AvgIpc) is 3.19. The zero-order valence-corrected chi connectivity index (χ0v) is 18.6. The van der Waals surface area contributed by atoms with E-state index in [0.29, 0.717) is 34.0 Å². The largest absolute Gasteiger partial charge is 0.503 e. The summed E-state index contributed by atoms with van der Waals surface area (Å²) >= 11 is 3.39. The van der Waals surface area contributed by atoms with Gasteiger partial charge in [0.05, 0.1) is 16.7 Å². The van der Waals surface area contributed by atoms with Gasteiger partial charge in [-0.2, -0.15) is 10.1 Å². The molecule has 1 aromatic heterocycles. The summed E-state index contributed by atoms with van der Waals surface area (Å²) in [4.78, 5) is 17.5. The number of halogens is 1. The van der Waals surface area contributed by atoms with E-state index in [9.17, 15) is 9.90 Å². The molecule has 9 heteroatoms. The van der Waals surface area contributed by atoms with Crippen molar-refractivity contribution in [3.05, 3.63) is 39.8 Å². The Morgan fingerprint density at radius 2 is 2.10 bits per heavy atom. The molecule has 8 nitrogen and oxygen atoms in total. The lowest BCUT2D eigenvalue weighted by atomic mass is 9.94. The minimum atomic E-state index is -0.559. The number of anilines is 1. The number of phenols is 1. The number of hydrogen-bond acceptors (Lipinski definition) is 7. The first kappa shape index (κ1) is 20.7. The topological polar surface area (TPSA) is 98.5 Å². The summed E-state index contributed by atoms with van der Waals surface area (Å²) in [5, 5.41) is 17.8. The molecule has 2 heterocycles. The Morgan fingerprint density at radius 3 is 2.83 bits per heavy atom. The second-order valence-electron chi connectivity index (χ2n) is 7.54. The number of hydrogen-bond donors (Lipinski definition) is 2. The fraction of sp³-hybridized carbons (Fsp3) is 0.476. The van der Waals surface area contributed by atoms with Gasteiger partial charge < -0.3 is 19.9 Å². The Hall–Kier alpha value is -2.55. The zero-order chi connectivity index (χ0) is 21.3. The van der Waals surface area contributed by atoms with Crippen molar-refractivity contribution >= 4 is 27.8 Å². The van der Waals surface area contributed by atoms with Crippen molar-refractivity contribution in [3.8, 4) is 11.5 Å². The van der Waals surface area contributed by atoms with Gasteiger partial charge in [-0.15, -0.1) is 0 Å². The van der Waals surface area contributed by atoms with E-state index in [2.05, 4.69) is 31.3 Å². The van der Waals surface area contributed by atoms with E-state index in [4.69, 9.17) is 9.47 Å². The van der Waals surface area contributed by atoms with Gasteiger partial charge in [0.25, 0.3) is 0 Å². The predicted octanol–water partition coefficient (Wildman–Crippen LogP) is 4.31. The molecular weight excluding hydrogens is 452 g/mol. The highest BCUT2D eigenvalue weighted by atomic mass is 79.9. The van der Waals surface area contributed by atoms with Crippen molar-refractivity contribution in [3.63, 3.8) is 0 Å². The molecule has 0 amide bonds. The monoisotopic (exact) mass is 476 g/mol. The summed E-state index contributed by atoms with van der Waals surface area (Å²) in [6, 6.07) is 2.93. The van der Waals surface area contributed by atoms with Crippen molar-refractivity contribution in [2.24, 2.45) is 0 Å². The maximum Gasteiger partial charge on any atom is 0.338 e. The molecule has 4 rings (SSSR count). The summed E-state index contributed by atoms with van der Waals surface area (Å²) in [5.41, 5.74) is 1.87. The molecule has 1 atom stereocenters. The fourth-order valence-electron chi connectivity index (χ4n) is 4.08. The van der Waals surface area contributed by atoms with Gasteiger partial charge in [0, 0.05) is 5.70 Å². The van der Waals surface area contributed by atoms with E-state index in [1.807, 2.05) is 13.8 Å². The highest BCUT2D eigenvalue weighted by molar-refractivity contribution is 9.10. The van der Waals surface area contributed by atoms with Crippen LogP contribution in [-0.2, 0) is 9.53 Å². The normalized spacial score (nSPS) is 19.2. The minimum absolute atomic E-state index is 0.0142. The number of nitrogens with one attached hydrogen (secondary N) is 1. The van der Waals surface area contributed by atoms with Crippen LogP contribution < -0.4 is 10.1 Å². The van der Waals surface area contributed by atoms with Crippen molar-refractivity contribution in [1.29, 1.82) is 0 Å². The van der Waals surface area contributed by atoms with Crippen LogP contribution in [0.25, 0.3) is 0 Å². The number of benzene rings is 1. The van der Waals surface area contributed by atoms with Gasteiger partial charge in [0.15, 0.2) is 11.5 Å². The first-order valence-electron chi connectivity index (χ1n) is 10.2. The van der Waals surface area contributed by atoms with Crippen molar-refractivity contribution in [2.45, 2.75) is 58.1 Å². The van der Waals surface area contributed by atoms with Crippen LogP contribution in [0.4, 0.5) is 5.95 Å². The number of carbonyl (C=O) groups is 1. The maximum atomic E-state index is 13.3. The third kappa shape index (κ3) is 3.90. The molecule has 0 saturated heterocycles. The molecule has 1 fully saturated rings. The maximum absolute atomic E-state index is 13.3. The number of allylic oxidation sites excluding steroid dienone is 1. The van der Waals surface area contributed by atoms with E-state index < -0.39 is 6.04 Å². The number of rotatable bonds is 5. The third-order valence-electron chi connectivity index (χ3n) is 5.51. The molecule has 1 aromatic carbocycles. The molecule has 0 bridgehead atoms. The Bertz CT molecular complexity index is 981. The first-order chi connectivity index (χ1) is 14.5. The molecule has 1 unspecified atom stereocenters. The molecule has 1 saturated carbocycles. The summed E-state index contributed by atoms with van der Waals surface area (Å²) in [6.45, 7) is 4.08. The lowest BCUT2D eigenvalue weighted by Gasteiger charge is -2.30. The lowest BCUT2D eigenvalue weighted by molar-refractivity contribution is -0.146. The highest BCUT2D eigenvalue weighted by Crippen LogP contribution is 2.42. The number of aromatic nitrogens is 3. The fourth-order valence-corrected chi connectivity index (χ4v) is 4.54. The average molecular weight is 477 g/mol. The Labute approximate surface area is 183 Å². The van der Waals surface area contributed by atoms with E-state index in [-0.39, 0.29) is 17.8 Å². The predicted molar refractivity (Wildman–Crippen MR) is 114 cm³/mol. The van der Waals surface area contributed by atoms with Gasteiger partial charge in [0.2, 0.25) is 5.95 Å². The minimum Gasteiger partial charge on any atom is -0.503 e. The van der Waals surface area contributed by atoms with Gasteiger partial charge in [-0.25, -0.2) is 9.48 Å². The second kappa shape index (κ2) is 8.67. The standard InChI is InChI=1S/C21H25BrN4O4/c1-3-29-16-10-13(9-15(22)19(16)27)18-17(12(2)25-21-23-11-24-26(18)21)20(28)30-14-7-5-4-6-8-14/h9-11,14,18,27H,3-8H2,1-2H3,(H,23,24,25). The smallest absolute Gasteiger partial charge is 0.338 e. The van der Waals surface area contributed by atoms with Gasteiger partial charge in [-0.05, 0) is 73.2 Å². The molecule has 2 aliphatic rings. The number of ether oxygens (including phenoxy) is 2. The molecule has 160 valence electrons. The van der Waals surface area contributed by atoms with Crippen molar-refractivity contribution in [1.82, 2.24) is 14.8 Å². The molecular formula is C21H25BrN4O4. The SMILES string of the molecule is CCOc1cc(C2C(C(=O)OC3CCCCC3)=C(C)Nc3ncnn32)cc(Br)c1O. The molecule has 1 aliphatic heterocycles. The third-order valence-corrected chi connectivity index (χ3v) is 6.11. The molecule has 1 aliphatic carbocycles. The van der Waals surface area contributed by atoms with Crippen LogP contribution in [-0.4, -0.2) is 38.6 Å². The van der Waals surface area contributed by atoms with Crippen molar-refractivity contribution < 1.29 is 19.4 Å². The van der Waals surface area contributed by atoms with Crippen LogP contribution in [0.2, 0.25) is 0 Å². The number of carbonyl (C=O) groups excluding carboxylic acids is 1. The molecule has 2 N–H and O–H groups in total. The molecule has 2 aromatic rings. The lowest BCUT2D eigenvalue weighted by Crippen LogP contribution is -2.32. The van der Waals surface area contributed by atoms with Crippen LogP contribution >= 0.6 is 15.9 Å². The van der Waals surface area contributed by atoms with Crippen LogP contribution in [0.15, 0.2) is 34.2 Å². The van der Waals surface area contributed by atoms with E-state index >= 15 is 0 Å². The van der Waals surface area contributed by atoms with Gasteiger partial charge in [-0.3, -0.25) is 0 Å². The van der Waals surface area contributed by atoms with Gasteiger partial charge >= 0.3 is 5.97 Å². The molecule has 0 radical (unpaired) electrons. The van der Waals surface area contributed by atoms with Crippen LogP contribution in [0.1, 0.15) is 57.6 Å². The number of aromatic hydroxyl groups is 1. The van der Waals surface area contributed by atoms with E-state index in [1.54, 1.807) is 16.8 Å². The summed E-state index contributed by atoms with van der Waals surface area (Å²) < 4.78 is 13.6. The molecule has 0 spiro atoms. The summed E-state index contributed by atoms with van der Waals surface area (Å²) in [5.74, 6) is 0.522. The summed E-state index contributed by atoms with van der Waals surface area (Å²) in [6.07, 6.45) is 6.51. The quantitative estimate of drug-likeness (QED) is 0.620. The van der Waals surface area contributed by atoms with Crippen molar-refractivity contribution in [2.75, 3.05) is 11.9 Å². The summed E-state index contributed by atoms with van der Waals surface area (Å²) in [7, 11) is 0. The second-order valence-corrected chi connectivity index (χ2v) is 8.40. The number of fused-ring (bicyclic) bond motifs is 1. The Kier molecular flexibility index (Phi) is 5.99. The van der Waals surface area contributed by atoms with Gasteiger partial charge in [-0.1, -0.05) is 6.42 Å². The number of phenolic OH excluding ortho intramolecular Hbond substituents is 1. The number of nitrogens with zero attached hydrogens (tertiary/aromatic N) is 3. The number of esters is 1. The van der Waals surface area contributed by atoms with Crippen LogP contribution in [0.5, 0.6) is 11.5 Å².